The van der Waals surface area contributed by atoms with E-state index in [9.17, 15) is 9.59 Å². The number of pyridine rings is 2. The van der Waals surface area contributed by atoms with Crippen LogP contribution in [0.2, 0.25) is 10.2 Å². The number of aryl methyl sites for hydroxylation is 1. The number of nitrogens with zero attached hydrogens (tertiary/aromatic N) is 6. The molecule has 9 nitrogen and oxygen atoms in total. The second-order valence-corrected chi connectivity index (χ2v) is 11.6. The fraction of sp³-hybridized carbons (Fsp3) is 0.519. The molecule has 0 aliphatic carbocycles. The number of rotatable bonds is 4. The molecule has 3 aromatic heterocycles. The van der Waals surface area contributed by atoms with Gasteiger partial charge in [0.1, 0.15) is 16.6 Å². The molecule has 0 bridgehead atoms. The summed E-state index contributed by atoms with van der Waals surface area (Å²) in [5, 5.41) is 0.958. The zero-order valence-electron chi connectivity index (χ0n) is 22.9. The minimum Gasteiger partial charge on any atom is -0.444 e. The predicted octanol–water partition coefficient (Wildman–Crippen LogP) is 5.75. The SMILES string of the molecule is CC[C@H]1CN(C(=O)OC(C)(C)C)CCN1c1nc(=O)n(-c2c(C)ccnc2C(C)C)c2nc(Cl)c(Cl)cc12. The molecule has 0 saturated carbocycles. The van der Waals surface area contributed by atoms with Crippen molar-refractivity contribution in [3.63, 3.8) is 0 Å². The Balaban J connectivity index is 1.87. The van der Waals surface area contributed by atoms with Crippen molar-refractivity contribution >= 4 is 46.1 Å². The number of anilines is 1. The Morgan fingerprint density at radius 3 is 2.55 bits per heavy atom. The Hall–Kier alpha value is -2.91. The molecule has 1 saturated heterocycles. The number of aromatic nitrogens is 4. The molecule has 4 heterocycles. The van der Waals surface area contributed by atoms with Crippen molar-refractivity contribution in [3.05, 3.63) is 50.2 Å². The predicted molar refractivity (Wildman–Crippen MR) is 151 cm³/mol. The molecule has 0 aromatic carbocycles. The summed E-state index contributed by atoms with van der Waals surface area (Å²) in [7, 11) is 0. The molecule has 0 radical (unpaired) electrons. The van der Waals surface area contributed by atoms with Crippen LogP contribution >= 0.6 is 23.2 Å². The minimum atomic E-state index is -0.584. The summed E-state index contributed by atoms with van der Waals surface area (Å²) in [6.45, 7) is 14.9. The maximum atomic E-state index is 13.7. The van der Waals surface area contributed by atoms with Crippen LogP contribution < -0.4 is 10.6 Å². The van der Waals surface area contributed by atoms with E-state index >= 15 is 0 Å². The normalized spacial score (nSPS) is 16.4. The highest BCUT2D eigenvalue weighted by Crippen LogP contribution is 2.34. The lowest BCUT2D eigenvalue weighted by Crippen LogP contribution is -2.56. The van der Waals surface area contributed by atoms with Crippen molar-refractivity contribution in [2.24, 2.45) is 0 Å². The molecule has 1 aliphatic heterocycles. The molecular weight excluding hydrogens is 527 g/mol. The van der Waals surface area contributed by atoms with Gasteiger partial charge in [0.15, 0.2) is 5.65 Å². The monoisotopic (exact) mass is 560 g/mol. The van der Waals surface area contributed by atoms with Crippen LogP contribution in [0.5, 0.6) is 0 Å². The number of piperazine rings is 1. The van der Waals surface area contributed by atoms with Gasteiger partial charge >= 0.3 is 11.8 Å². The van der Waals surface area contributed by atoms with E-state index in [1.807, 2.05) is 54.5 Å². The van der Waals surface area contributed by atoms with E-state index < -0.39 is 11.3 Å². The first-order chi connectivity index (χ1) is 17.8. The van der Waals surface area contributed by atoms with Crippen molar-refractivity contribution in [2.45, 2.75) is 72.4 Å². The number of amides is 1. The first-order valence-corrected chi connectivity index (χ1v) is 13.6. The Morgan fingerprint density at radius 1 is 1.21 bits per heavy atom. The fourth-order valence-electron chi connectivity index (χ4n) is 4.77. The van der Waals surface area contributed by atoms with Gasteiger partial charge < -0.3 is 14.5 Å². The van der Waals surface area contributed by atoms with Crippen LogP contribution in [0.25, 0.3) is 16.7 Å². The first kappa shape index (κ1) is 28.1. The first-order valence-electron chi connectivity index (χ1n) is 12.8. The van der Waals surface area contributed by atoms with E-state index in [2.05, 4.69) is 19.9 Å². The third-order valence-electron chi connectivity index (χ3n) is 6.56. The number of halogens is 2. The van der Waals surface area contributed by atoms with Crippen LogP contribution in [0, 0.1) is 6.92 Å². The van der Waals surface area contributed by atoms with Gasteiger partial charge in [0, 0.05) is 31.9 Å². The number of carbonyl (C=O) groups excluding carboxylic acids is 1. The van der Waals surface area contributed by atoms with Crippen molar-refractivity contribution < 1.29 is 9.53 Å². The summed E-state index contributed by atoms with van der Waals surface area (Å²) < 4.78 is 7.07. The molecule has 1 atom stereocenters. The zero-order valence-corrected chi connectivity index (χ0v) is 24.4. The topological polar surface area (TPSA) is 93.5 Å². The van der Waals surface area contributed by atoms with E-state index in [1.165, 1.54) is 4.57 Å². The lowest BCUT2D eigenvalue weighted by Gasteiger charge is -2.42. The van der Waals surface area contributed by atoms with Crippen molar-refractivity contribution in [1.29, 1.82) is 0 Å². The van der Waals surface area contributed by atoms with Gasteiger partial charge in [-0.25, -0.2) is 19.1 Å². The smallest absolute Gasteiger partial charge is 0.410 e. The van der Waals surface area contributed by atoms with E-state index in [0.717, 1.165) is 17.7 Å². The van der Waals surface area contributed by atoms with Crippen molar-refractivity contribution in [3.8, 4) is 5.69 Å². The van der Waals surface area contributed by atoms with Gasteiger partial charge in [0.2, 0.25) is 0 Å². The lowest BCUT2D eigenvalue weighted by molar-refractivity contribution is 0.0213. The van der Waals surface area contributed by atoms with Gasteiger partial charge in [-0.1, -0.05) is 44.0 Å². The summed E-state index contributed by atoms with van der Waals surface area (Å²) in [5.74, 6) is 0.523. The molecule has 1 amide bonds. The number of hydrogen-bond acceptors (Lipinski definition) is 7. The second kappa shape index (κ2) is 10.7. The van der Waals surface area contributed by atoms with Crippen LogP contribution in [-0.2, 0) is 4.74 Å². The van der Waals surface area contributed by atoms with Crippen LogP contribution in [-0.4, -0.2) is 61.8 Å². The highest BCUT2D eigenvalue weighted by Gasteiger charge is 2.34. The minimum absolute atomic E-state index is 0.0553. The third kappa shape index (κ3) is 5.45. The number of ether oxygens (including phenoxy) is 1. The highest BCUT2D eigenvalue weighted by molar-refractivity contribution is 6.41. The number of hydrogen-bond donors (Lipinski definition) is 0. The van der Waals surface area contributed by atoms with Gasteiger partial charge in [-0.05, 0) is 57.7 Å². The molecule has 4 rings (SSSR count). The maximum Gasteiger partial charge on any atom is 0.410 e. The van der Waals surface area contributed by atoms with Gasteiger partial charge in [0.05, 0.1) is 21.8 Å². The molecular formula is C27H34Cl2N6O3. The van der Waals surface area contributed by atoms with Gasteiger partial charge in [0.25, 0.3) is 0 Å². The van der Waals surface area contributed by atoms with Crippen LogP contribution in [0.1, 0.15) is 65.1 Å². The van der Waals surface area contributed by atoms with Gasteiger partial charge in [-0.15, -0.1) is 0 Å². The van der Waals surface area contributed by atoms with E-state index in [0.29, 0.717) is 42.2 Å². The largest absolute Gasteiger partial charge is 0.444 e. The van der Waals surface area contributed by atoms with Crippen LogP contribution in [0.3, 0.4) is 0 Å². The quantitative estimate of drug-likeness (QED) is 0.375. The van der Waals surface area contributed by atoms with Crippen LogP contribution in [0.4, 0.5) is 10.6 Å². The standard InChI is InChI=1S/C27H34Cl2N6O3/c1-8-17-14-33(26(37)38-27(5,6)7)11-12-34(17)23-18-13-19(28)22(29)31-24(18)35(25(36)32-23)21-16(4)9-10-30-20(21)15(2)3/h9-10,13,15,17H,8,11-12,14H2,1-7H3/t17-/m0/s1. The average Bonchev–Trinajstić information content (AvgIpc) is 2.83. The fourth-order valence-corrected chi connectivity index (χ4v) is 5.05. The summed E-state index contributed by atoms with van der Waals surface area (Å²) in [4.78, 5) is 43.9. The van der Waals surface area contributed by atoms with E-state index in [4.69, 9.17) is 27.9 Å². The molecule has 38 heavy (non-hydrogen) atoms. The molecule has 204 valence electrons. The summed E-state index contributed by atoms with van der Waals surface area (Å²) in [6.07, 6.45) is 2.10. The molecule has 1 aliphatic rings. The number of carbonyl (C=O) groups is 1. The van der Waals surface area contributed by atoms with E-state index in [1.54, 1.807) is 17.2 Å². The third-order valence-corrected chi connectivity index (χ3v) is 7.23. The molecule has 0 unspecified atom stereocenters. The summed E-state index contributed by atoms with van der Waals surface area (Å²) in [5.41, 5.74) is 1.56. The molecule has 0 spiro atoms. The van der Waals surface area contributed by atoms with Gasteiger partial charge in [-0.3, -0.25) is 4.98 Å². The van der Waals surface area contributed by atoms with Crippen molar-refractivity contribution in [2.75, 3.05) is 24.5 Å². The summed E-state index contributed by atoms with van der Waals surface area (Å²) >= 11 is 12.8. The molecule has 0 N–H and O–H groups in total. The molecule has 1 fully saturated rings. The average molecular weight is 562 g/mol. The van der Waals surface area contributed by atoms with E-state index in [-0.39, 0.29) is 28.2 Å². The number of fused-ring (bicyclic) bond motifs is 1. The zero-order chi connectivity index (χ0) is 27.9. The van der Waals surface area contributed by atoms with Gasteiger partial charge in [-0.2, -0.15) is 4.98 Å². The highest BCUT2D eigenvalue weighted by atomic mass is 35.5. The van der Waals surface area contributed by atoms with Crippen LogP contribution in [0.15, 0.2) is 23.1 Å². The molecule has 3 aromatic rings. The Bertz CT molecular complexity index is 1430. The maximum absolute atomic E-state index is 13.7. The Morgan fingerprint density at radius 2 is 1.92 bits per heavy atom. The Labute approximate surface area is 232 Å². The second-order valence-electron chi connectivity index (χ2n) is 10.9. The summed E-state index contributed by atoms with van der Waals surface area (Å²) in [6, 6.07) is 3.47. The molecule has 11 heteroatoms. The lowest BCUT2D eigenvalue weighted by atomic mass is 10.0. The van der Waals surface area contributed by atoms with Crippen molar-refractivity contribution in [1.82, 2.24) is 24.4 Å². The Kier molecular flexibility index (Phi) is 7.91.